The Morgan fingerprint density at radius 2 is 1.75 bits per heavy atom. The number of likely N-dealkylation sites (tertiary alicyclic amines) is 1. The lowest BCUT2D eigenvalue weighted by atomic mass is 10.0. The number of nitrogens with zero attached hydrogens (tertiary/aromatic N) is 1. The van der Waals surface area contributed by atoms with Crippen molar-refractivity contribution in [3.05, 3.63) is 59.7 Å². The summed E-state index contributed by atoms with van der Waals surface area (Å²) in [5, 5.41) is 0. The summed E-state index contributed by atoms with van der Waals surface area (Å²) in [6, 6.07) is 15.8. The molecule has 0 N–H and O–H groups in total. The highest BCUT2D eigenvalue weighted by molar-refractivity contribution is 5.78. The first-order valence-corrected chi connectivity index (χ1v) is 8.30. The van der Waals surface area contributed by atoms with Crippen molar-refractivity contribution < 1.29 is 14.3 Å². The Morgan fingerprint density at radius 3 is 2.42 bits per heavy atom. The van der Waals surface area contributed by atoms with Crippen LogP contribution in [0.5, 0.6) is 11.5 Å². The SMILES string of the molecule is COc1ccc(C2CCCN2C(=O)COc2ccc(C)cc2)cc1. The van der Waals surface area contributed by atoms with Gasteiger partial charge in [0.25, 0.3) is 5.91 Å². The second-order valence-electron chi connectivity index (χ2n) is 6.12. The van der Waals surface area contributed by atoms with E-state index in [9.17, 15) is 4.79 Å². The van der Waals surface area contributed by atoms with Crippen molar-refractivity contribution in [2.24, 2.45) is 0 Å². The number of aryl methyl sites for hydroxylation is 1. The van der Waals surface area contributed by atoms with Crippen LogP contribution in [0.1, 0.15) is 30.0 Å². The van der Waals surface area contributed by atoms with E-state index < -0.39 is 0 Å². The average Bonchev–Trinajstić information content (AvgIpc) is 3.11. The number of hydrogen-bond acceptors (Lipinski definition) is 3. The van der Waals surface area contributed by atoms with E-state index in [-0.39, 0.29) is 18.6 Å². The van der Waals surface area contributed by atoms with Crippen LogP contribution in [0.3, 0.4) is 0 Å². The van der Waals surface area contributed by atoms with Gasteiger partial charge in [-0.25, -0.2) is 0 Å². The molecule has 0 spiro atoms. The van der Waals surface area contributed by atoms with Crippen LogP contribution in [-0.4, -0.2) is 31.1 Å². The van der Waals surface area contributed by atoms with Crippen molar-refractivity contribution in [1.29, 1.82) is 0 Å². The Bertz CT molecular complexity index is 679. The number of hydrogen-bond donors (Lipinski definition) is 0. The zero-order valence-corrected chi connectivity index (χ0v) is 14.2. The summed E-state index contributed by atoms with van der Waals surface area (Å²) >= 11 is 0. The third-order valence-corrected chi connectivity index (χ3v) is 4.46. The van der Waals surface area contributed by atoms with Gasteiger partial charge in [-0.3, -0.25) is 4.79 Å². The monoisotopic (exact) mass is 325 g/mol. The summed E-state index contributed by atoms with van der Waals surface area (Å²) in [4.78, 5) is 14.5. The molecule has 24 heavy (non-hydrogen) atoms. The molecule has 1 unspecified atom stereocenters. The van der Waals surface area contributed by atoms with Gasteiger partial charge in [0.05, 0.1) is 13.2 Å². The predicted molar refractivity (Wildman–Crippen MR) is 93.4 cm³/mol. The first-order valence-electron chi connectivity index (χ1n) is 8.30. The average molecular weight is 325 g/mol. The van der Waals surface area contributed by atoms with Gasteiger partial charge < -0.3 is 14.4 Å². The molecular weight excluding hydrogens is 302 g/mol. The van der Waals surface area contributed by atoms with Crippen molar-refractivity contribution in [2.75, 3.05) is 20.3 Å². The molecule has 0 aromatic heterocycles. The number of carbonyl (C=O) groups excluding carboxylic acids is 1. The smallest absolute Gasteiger partial charge is 0.261 e. The van der Waals surface area contributed by atoms with Crippen LogP contribution in [0.2, 0.25) is 0 Å². The lowest BCUT2D eigenvalue weighted by molar-refractivity contribution is -0.134. The van der Waals surface area contributed by atoms with Gasteiger partial charge in [0.15, 0.2) is 6.61 Å². The highest BCUT2D eigenvalue weighted by atomic mass is 16.5. The van der Waals surface area contributed by atoms with E-state index in [1.54, 1.807) is 7.11 Å². The molecular formula is C20H23NO3. The van der Waals surface area contributed by atoms with Gasteiger partial charge in [0.2, 0.25) is 0 Å². The summed E-state index contributed by atoms with van der Waals surface area (Å²) in [5.74, 6) is 1.60. The molecule has 1 aliphatic rings. The second-order valence-corrected chi connectivity index (χ2v) is 6.12. The van der Waals surface area contributed by atoms with E-state index in [1.807, 2.05) is 60.4 Å². The lowest BCUT2D eigenvalue weighted by Gasteiger charge is -2.25. The van der Waals surface area contributed by atoms with Crippen LogP contribution in [0.15, 0.2) is 48.5 Å². The predicted octanol–water partition coefficient (Wildman–Crippen LogP) is 3.75. The molecule has 1 saturated heterocycles. The van der Waals surface area contributed by atoms with Crippen molar-refractivity contribution >= 4 is 5.91 Å². The first-order chi connectivity index (χ1) is 11.7. The van der Waals surface area contributed by atoms with Crippen LogP contribution < -0.4 is 9.47 Å². The largest absolute Gasteiger partial charge is 0.497 e. The fourth-order valence-corrected chi connectivity index (χ4v) is 3.10. The molecule has 4 nitrogen and oxygen atoms in total. The topological polar surface area (TPSA) is 38.8 Å². The Morgan fingerprint density at radius 1 is 1.08 bits per heavy atom. The summed E-state index contributed by atoms with van der Waals surface area (Å²) in [6.07, 6.45) is 2.01. The Kier molecular flexibility index (Phi) is 5.04. The van der Waals surface area contributed by atoms with E-state index in [2.05, 4.69) is 0 Å². The number of rotatable bonds is 5. The minimum atomic E-state index is 0.0360. The van der Waals surface area contributed by atoms with E-state index in [1.165, 1.54) is 5.56 Å². The molecule has 2 aromatic carbocycles. The van der Waals surface area contributed by atoms with E-state index in [0.717, 1.165) is 36.4 Å². The van der Waals surface area contributed by atoms with Gasteiger partial charge in [-0.05, 0) is 49.6 Å². The molecule has 2 aromatic rings. The zero-order valence-electron chi connectivity index (χ0n) is 14.2. The fraction of sp³-hybridized carbons (Fsp3) is 0.350. The zero-order chi connectivity index (χ0) is 16.9. The molecule has 1 fully saturated rings. The van der Waals surface area contributed by atoms with Crippen molar-refractivity contribution in [3.63, 3.8) is 0 Å². The summed E-state index contributed by atoms with van der Waals surface area (Å²) < 4.78 is 10.8. The van der Waals surface area contributed by atoms with Gasteiger partial charge in [-0.15, -0.1) is 0 Å². The second kappa shape index (κ2) is 7.39. The molecule has 0 bridgehead atoms. The molecule has 1 amide bonds. The molecule has 126 valence electrons. The molecule has 1 aliphatic heterocycles. The van der Waals surface area contributed by atoms with Crippen LogP contribution in [-0.2, 0) is 4.79 Å². The van der Waals surface area contributed by atoms with E-state index in [4.69, 9.17) is 9.47 Å². The Labute approximate surface area is 143 Å². The highest BCUT2D eigenvalue weighted by Crippen LogP contribution is 2.32. The minimum absolute atomic E-state index is 0.0360. The third-order valence-electron chi connectivity index (χ3n) is 4.46. The Hall–Kier alpha value is -2.49. The van der Waals surface area contributed by atoms with Gasteiger partial charge in [-0.1, -0.05) is 29.8 Å². The highest BCUT2D eigenvalue weighted by Gasteiger charge is 2.30. The molecule has 0 aliphatic carbocycles. The van der Waals surface area contributed by atoms with Gasteiger partial charge >= 0.3 is 0 Å². The van der Waals surface area contributed by atoms with Crippen molar-refractivity contribution in [3.8, 4) is 11.5 Å². The Balaban J connectivity index is 1.63. The normalized spacial score (nSPS) is 16.9. The third kappa shape index (κ3) is 3.70. The first kappa shape index (κ1) is 16.4. The number of benzene rings is 2. The standard InChI is InChI=1S/C20H23NO3/c1-15-5-9-18(10-6-15)24-14-20(22)21-13-3-4-19(21)16-7-11-17(23-2)12-8-16/h5-12,19H,3-4,13-14H2,1-2H3. The van der Waals surface area contributed by atoms with Crippen LogP contribution in [0, 0.1) is 6.92 Å². The summed E-state index contributed by atoms with van der Waals surface area (Å²) in [6.45, 7) is 2.89. The van der Waals surface area contributed by atoms with Crippen molar-refractivity contribution in [2.45, 2.75) is 25.8 Å². The quantitative estimate of drug-likeness (QED) is 0.840. The number of carbonyl (C=O) groups is 1. The molecule has 1 atom stereocenters. The maximum atomic E-state index is 12.6. The fourth-order valence-electron chi connectivity index (χ4n) is 3.10. The lowest BCUT2D eigenvalue weighted by Crippen LogP contribution is -2.34. The van der Waals surface area contributed by atoms with Crippen molar-refractivity contribution in [1.82, 2.24) is 4.90 Å². The van der Waals surface area contributed by atoms with Crippen LogP contribution in [0.25, 0.3) is 0 Å². The minimum Gasteiger partial charge on any atom is -0.497 e. The van der Waals surface area contributed by atoms with Crippen LogP contribution in [0.4, 0.5) is 0 Å². The molecule has 1 heterocycles. The maximum Gasteiger partial charge on any atom is 0.261 e. The van der Waals surface area contributed by atoms with E-state index >= 15 is 0 Å². The number of ether oxygens (including phenoxy) is 2. The van der Waals surface area contributed by atoms with Crippen LogP contribution >= 0.6 is 0 Å². The summed E-state index contributed by atoms with van der Waals surface area (Å²) in [5.41, 5.74) is 2.32. The van der Waals surface area contributed by atoms with Gasteiger partial charge in [0, 0.05) is 6.54 Å². The molecule has 4 heteroatoms. The molecule has 0 radical (unpaired) electrons. The van der Waals surface area contributed by atoms with Gasteiger partial charge in [-0.2, -0.15) is 0 Å². The molecule has 0 saturated carbocycles. The number of methoxy groups -OCH3 is 1. The molecule has 3 rings (SSSR count). The number of amides is 1. The maximum absolute atomic E-state index is 12.6. The summed E-state index contributed by atoms with van der Waals surface area (Å²) in [7, 11) is 1.66. The van der Waals surface area contributed by atoms with Gasteiger partial charge in [0.1, 0.15) is 11.5 Å². The van der Waals surface area contributed by atoms with E-state index in [0.29, 0.717) is 0 Å².